The average Bonchev–Trinajstić information content (AvgIpc) is 3.49. The van der Waals surface area contributed by atoms with Crippen LogP contribution in [0.4, 0.5) is 16.4 Å². The van der Waals surface area contributed by atoms with Crippen LogP contribution in [-0.2, 0) is 11.3 Å². The van der Waals surface area contributed by atoms with Crippen molar-refractivity contribution in [2.24, 2.45) is 0 Å². The van der Waals surface area contributed by atoms with Gasteiger partial charge >= 0.3 is 6.09 Å². The van der Waals surface area contributed by atoms with Gasteiger partial charge in [0.05, 0.1) is 12.2 Å². The molecule has 1 aliphatic heterocycles. The van der Waals surface area contributed by atoms with E-state index in [1.807, 2.05) is 80.2 Å². The summed E-state index contributed by atoms with van der Waals surface area (Å²) in [6, 6.07) is 23.1. The normalized spacial score (nSPS) is 13.4. The van der Waals surface area contributed by atoms with Gasteiger partial charge in [-0.3, -0.25) is 14.5 Å². The van der Waals surface area contributed by atoms with E-state index < -0.39 is 5.60 Å². The molecule has 1 fully saturated rings. The summed E-state index contributed by atoms with van der Waals surface area (Å²) in [5.41, 5.74) is 5.15. The average molecular weight is 617 g/mol. The van der Waals surface area contributed by atoms with Crippen molar-refractivity contribution in [3.63, 3.8) is 0 Å². The first-order valence-electron chi connectivity index (χ1n) is 15.2. The number of hydrogen-bond donors (Lipinski definition) is 1. The van der Waals surface area contributed by atoms with E-state index in [4.69, 9.17) is 14.8 Å². The molecular formula is C35H36N8O3. The summed E-state index contributed by atoms with van der Waals surface area (Å²) in [6.07, 6.45) is 6.89. The van der Waals surface area contributed by atoms with Gasteiger partial charge in [-0.15, -0.1) is 0 Å². The summed E-state index contributed by atoms with van der Waals surface area (Å²) in [5.74, 6) is 0.340. The van der Waals surface area contributed by atoms with Crippen LogP contribution in [0.2, 0.25) is 0 Å². The van der Waals surface area contributed by atoms with Crippen molar-refractivity contribution in [2.75, 3.05) is 31.5 Å². The van der Waals surface area contributed by atoms with E-state index >= 15 is 0 Å². The first kappa shape index (κ1) is 30.4. The summed E-state index contributed by atoms with van der Waals surface area (Å²) < 4.78 is 7.37. The molecule has 46 heavy (non-hydrogen) atoms. The topological polar surface area (TPSA) is 118 Å². The van der Waals surface area contributed by atoms with Gasteiger partial charge in [0.2, 0.25) is 5.95 Å². The number of anilines is 2. The lowest BCUT2D eigenvalue weighted by Gasteiger charge is -2.35. The summed E-state index contributed by atoms with van der Waals surface area (Å²) in [7, 11) is 0. The van der Waals surface area contributed by atoms with E-state index in [-0.39, 0.29) is 12.0 Å². The van der Waals surface area contributed by atoms with Gasteiger partial charge in [0.15, 0.2) is 0 Å². The van der Waals surface area contributed by atoms with Crippen LogP contribution in [0.5, 0.6) is 0 Å². The minimum absolute atomic E-state index is 0.0796. The highest BCUT2D eigenvalue weighted by molar-refractivity contribution is 5.94. The third-order valence-electron chi connectivity index (χ3n) is 7.42. The number of nitrogens with zero attached hydrogens (tertiary/aromatic N) is 7. The Morgan fingerprint density at radius 3 is 2.30 bits per heavy atom. The fraction of sp³-hybridized carbons (Fsp3) is 0.257. The first-order chi connectivity index (χ1) is 22.2. The Labute approximate surface area is 267 Å². The second-order valence-corrected chi connectivity index (χ2v) is 12.0. The SMILES string of the molecule is CC(C)(C)OC(=O)N1CCN(C(=O)c2ccc(Nc3nccc(-c4cn(Cc5ccccc5)nc4-c4cccnc4)n3)cc2)CC1. The maximum atomic E-state index is 13.2. The fourth-order valence-corrected chi connectivity index (χ4v) is 5.17. The zero-order valence-electron chi connectivity index (χ0n) is 26.1. The third kappa shape index (κ3) is 7.37. The van der Waals surface area contributed by atoms with E-state index in [9.17, 15) is 9.59 Å². The lowest BCUT2D eigenvalue weighted by atomic mass is 10.1. The van der Waals surface area contributed by atoms with Gasteiger partial charge in [-0.2, -0.15) is 5.10 Å². The van der Waals surface area contributed by atoms with Crippen molar-refractivity contribution in [1.82, 2.24) is 34.5 Å². The third-order valence-corrected chi connectivity index (χ3v) is 7.42. The highest BCUT2D eigenvalue weighted by Crippen LogP contribution is 2.30. The van der Waals surface area contributed by atoms with Crippen LogP contribution < -0.4 is 5.32 Å². The predicted molar refractivity (Wildman–Crippen MR) is 175 cm³/mol. The van der Waals surface area contributed by atoms with Crippen molar-refractivity contribution in [3.8, 4) is 22.5 Å². The fourth-order valence-electron chi connectivity index (χ4n) is 5.17. The van der Waals surface area contributed by atoms with Crippen LogP contribution >= 0.6 is 0 Å². The van der Waals surface area contributed by atoms with Crippen LogP contribution in [0, 0.1) is 0 Å². The number of nitrogens with one attached hydrogen (secondary N) is 1. The maximum absolute atomic E-state index is 13.2. The first-order valence-corrected chi connectivity index (χ1v) is 15.2. The second-order valence-electron chi connectivity index (χ2n) is 12.0. The molecule has 1 saturated heterocycles. The molecule has 1 N–H and O–H groups in total. The number of benzene rings is 2. The quantitative estimate of drug-likeness (QED) is 0.241. The van der Waals surface area contributed by atoms with Gasteiger partial charge in [-0.25, -0.2) is 14.8 Å². The summed E-state index contributed by atoms with van der Waals surface area (Å²) in [6.45, 7) is 7.90. The Bertz CT molecular complexity index is 1790. The number of piperazine rings is 1. The molecule has 5 aromatic rings. The molecule has 3 aromatic heterocycles. The second kappa shape index (κ2) is 13.2. The number of aromatic nitrogens is 5. The number of ether oxygens (including phenoxy) is 1. The number of rotatable bonds is 7. The monoisotopic (exact) mass is 616 g/mol. The number of hydrogen-bond acceptors (Lipinski definition) is 8. The van der Waals surface area contributed by atoms with Crippen molar-refractivity contribution in [1.29, 1.82) is 0 Å². The van der Waals surface area contributed by atoms with Gasteiger partial charge in [0, 0.05) is 73.3 Å². The Hall–Kier alpha value is -5.58. The molecule has 234 valence electrons. The number of carbonyl (C=O) groups is 2. The van der Waals surface area contributed by atoms with Crippen LogP contribution in [0.25, 0.3) is 22.5 Å². The molecule has 0 unspecified atom stereocenters. The molecule has 2 amide bonds. The molecule has 2 aromatic carbocycles. The molecule has 0 atom stereocenters. The van der Waals surface area contributed by atoms with E-state index in [0.29, 0.717) is 49.9 Å². The minimum Gasteiger partial charge on any atom is -0.444 e. The van der Waals surface area contributed by atoms with Crippen molar-refractivity contribution in [3.05, 3.63) is 109 Å². The largest absolute Gasteiger partial charge is 0.444 e. The Balaban J connectivity index is 1.14. The summed E-state index contributed by atoms with van der Waals surface area (Å²) in [4.78, 5) is 42.5. The molecule has 6 rings (SSSR count). The molecule has 0 aliphatic carbocycles. The summed E-state index contributed by atoms with van der Waals surface area (Å²) in [5, 5.41) is 8.15. The lowest BCUT2D eigenvalue weighted by Crippen LogP contribution is -2.51. The Kier molecular flexibility index (Phi) is 8.73. The van der Waals surface area contributed by atoms with Crippen LogP contribution in [0.3, 0.4) is 0 Å². The van der Waals surface area contributed by atoms with Gasteiger partial charge in [-0.1, -0.05) is 30.3 Å². The van der Waals surface area contributed by atoms with Crippen LogP contribution in [-0.4, -0.2) is 78.3 Å². The van der Waals surface area contributed by atoms with Gasteiger partial charge in [0.25, 0.3) is 5.91 Å². The molecule has 0 bridgehead atoms. The van der Waals surface area contributed by atoms with Crippen molar-refractivity contribution >= 4 is 23.6 Å². The molecular weight excluding hydrogens is 580 g/mol. The van der Waals surface area contributed by atoms with Gasteiger partial charge in [0.1, 0.15) is 11.3 Å². The zero-order valence-corrected chi connectivity index (χ0v) is 26.1. The smallest absolute Gasteiger partial charge is 0.410 e. The zero-order chi connectivity index (χ0) is 32.1. The number of carbonyl (C=O) groups excluding carboxylic acids is 2. The number of amides is 2. The molecule has 4 heterocycles. The Morgan fingerprint density at radius 1 is 0.870 bits per heavy atom. The van der Waals surface area contributed by atoms with Crippen LogP contribution in [0.15, 0.2) is 97.6 Å². The van der Waals surface area contributed by atoms with E-state index in [1.165, 1.54) is 0 Å². The summed E-state index contributed by atoms with van der Waals surface area (Å²) >= 11 is 0. The lowest BCUT2D eigenvalue weighted by molar-refractivity contribution is 0.0141. The molecule has 0 spiro atoms. The van der Waals surface area contributed by atoms with Crippen molar-refractivity contribution < 1.29 is 14.3 Å². The van der Waals surface area contributed by atoms with Gasteiger partial charge < -0.3 is 19.9 Å². The standard InChI is InChI=1S/C35H36N8O3/c1-35(2,3)46-34(45)42-20-18-41(19-21-42)32(44)26-11-13-28(14-12-26)38-33-37-17-15-30(39-33)29-24-43(23-25-8-5-4-6-9-25)40-31(29)27-10-7-16-36-22-27/h4-17,22,24H,18-21,23H2,1-3H3,(H,37,38,39). The molecule has 0 saturated carbocycles. The van der Waals surface area contributed by atoms with E-state index in [1.54, 1.807) is 40.5 Å². The molecule has 0 radical (unpaired) electrons. The Morgan fingerprint density at radius 2 is 1.61 bits per heavy atom. The highest BCUT2D eigenvalue weighted by Gasteiger charge is 2.28. The maximum Gasteiger partial charge on any atom is 0.410 e. The minimum atomic E-state index is -0.555. The molecule has 1 aliphatic rings. The highest BCUT2D eigenvalue weighted by atomic mass is 16.6. The molecule has 11 nitrogen and oxygen atoms in total. The van der Waals surface area contributed by atoms with E-state index in [2.05, 4.69) is 27.4 Å². The van der Waals surface area contributed by atoms with Crippen LogP contribution in [0.1, 0.15) is 36.7 Å². The van der Waals surface area contributed by atoms with Crippen molar-refractivity contribution in [2.45, 2.75) is 32.9 Å². The van der Waals surface area contributed by atoms with Gasteiger partial charge in [-0.05, 0) is 68.8 Å². The number of pyridine rings is 1. The molecule has 11 heteroatoms. The van der Waals surface area contributed by atoms with E-state index in [0.717, 1.165) is 28.1 Å². The predicted octanol–water partition coefficient (Wildman–Crippen LogP) is 5.89.